The Labute approximate surface area is 267 Å². The number of ether oxygens (including phenoxy) is 1. The molecule has 3 fully saturated rings. The van der Waals surface area contributed by atoms with Crippen molar-refractivity contribution < 1.29 is 24.9 Å². The number of hydrogen-bond donors (Lipinski definition) is 3. The molecule has 7 heteroatoms. The zero-order valence-electron chi connectivity index (χ0n) is 26.3. The van der Waals surface area contributed by atoms with Gasteiger partial charge in [0.2, 0.25) is 0 Å². The minimum atomic E-state index is -0.997. The molecule has 0 aromatic heterocycles. The van der Waals surface area contributed by atoms with Crippen molar-refractivity contribution in [1.29, 1.82) is 0 Å². The molecule has 2 aromatic rings. The molecule has 6 atom stereocenters. The Morgan fingerprint density at radius 2 is 1.82 bits per heavy atom. The number of phenolic OH excluding ortho intramolecular Hbond substituents is 1. The summed E-state index contributed by atoms with van der Waals surface area (Å²) in [6.45, 7) is 6.66. The normalized spacial score (nSPS) is 31.6. The summed E-state index contributed by atoms with van der Waals surface area (Å²) in [7, 11) is 0. The highest BCUT2D eigenvalue weighted by Gasteiger charge is 2.63. The van der Waals surface area contributed by atoms with E-state index in [4.69, 9.17) is 16.3 Å². The van der Waals surface area contributed by atoms with Crippen LogP contribution in [0.5, 0.6) is 11.5 Å². The number of fused-ring (bicyclic) bond motifs is 5. The van der Waals surface area contributed by atoms with Crippen LogP contribution in [0.3, 0.4) is 0 Å². The molecule has 0 bridgehead atoms. The summed E-state index contributed by atoms with van der Waals surface area (Å²) in [5, 5.41) is 32.4. The Kier molecular flexibility index (Phi) is 9.52. The van der Waals surface area contributed by atoms with Gasteiger partial charge in [0.1, 0.15) is 11.5 Å². The van der Waals surface area contributed by atoms with Gasteiger partial charge in [0.25, 0.3) is 0 Å². The average Bonchev–Trinajstić information content (AvgIpc) is 3.30. The number of aliphatic hydroxyl groups is 1. The van der Waals surface area contributed by atoms with Crippen molar-refractivity contribution in [2.75, 3.05) is 26.2 Å². The first-order chi connectivity index (χ1) is 21.2. The molecule has 6 nitrogen and oxygen atoms in total. The van der Waals surface area contributed by atoms with Crippen molar-refractivity contribution in [1.82, 2.24) is 4.90 Å². The second kappa shape index (κ2) is 13.2. The van der Waals surface area contributed by atoms with Gasteiger partial charge in [-0.15, -0.1) is 0 Å². The molecule has 2 saturated carbocycles. The molecule has 3 N–H and O–H groups in total. The van der Waals surface area contributed by atoms with E-state index < -0.39 is 11.6 Å². The molecule has 44 heavy (non-hydrogen) atoms. The fraction of sp³-hybridized carbons (Fsp3) is 0.649. The molecule has 1 saturated heterocycles. The van der Waals surface area contributed by atoms with E-state index in [-0.39, 0.29) is 29.4 Å². The predicted molar refractivity (Wildman–Crippen MR) is 174 cm³/mol. The fourth-order valence-corrected chi connectivity index (χ4v) is 9.95. The number of unbranched alkanes of at least 4 members (excludes halogenated alkanes) is 2. The highest BCUT2D eigenvalue weighted by atomic mass is 35.5. The predicted octanol–water partition coefficient (Wildman–Crippen LogP) is 7.93. The number of hydrogen-bond acceptors (Lipinski definition) is 5. The van der Waals surface area contributed by atoms with Crippen LogP contribution in [0.15, 0.2) is 36.4 Å². The molecular formula is C37H50ClNO5. The monoisotopic (exact) mass is 623 g/mol. The first-order valence-corrected chi connectivity index (χ1v) is 17.5. The number of piperidine rings is 1. The Bertz CT molecular complexity index is 1310. The molecule has 1 aliphatic heterocycles. The third-order valence-electron chi connectivity index (χ3n) is 12.0. The topological polar surface area (TPSA) is 90.2 Å². The van der Waals surface area contributed by atoms with Crippen molar-refractivity contribution in [3.05, 3.63) is 58.1 Å². The second-order valence-corrected chi connectivity index (χ2v) is 14.8. The molecule has 240 valence electrons. The summed E-state index contributed by atoms with van der Waals surface area (Å²) < 4.78 is 6.15. The van der Waals surface area contributed by atoms with Gasteiger partial charge < -0.3 is 25.0 Å². The van der Waals surface area contributed by atoms with Gasteiger partial charge >= 0.3 is 5.97 Å². The third kappa shape index (κ3) is 6.11. The third-order valence-corrected chi connectivity index (χ3v) is 12.5. The zero-order valence-corrected chi connectivity index (χ0v) is 27.0. The van der Waals surface area contributed by atoms with Gasteiger partial charge in [-0.1, -0.05) is 43.1 Å². The molecule has 0 amide bonds. The standard InChI is InChI=1S/C37H50ClNO5/c1-36-24-30(25-8-10-26(11-9-25)44-23-7-3-6-22-39-20-4-2-5-21-39)34-27-14-15-32(40)35(38)28(27)12-13-29(34)31(36)16-18-37(36,43)19-17-33(41)42/h8-11,14-15,29-31,34,40,43H,2-7,12-13,16-24H2,1H3,(H,41,42)/t29-,30+,31-,34+,36-,37+/m0/s1. The van der Waals surface area contributed by atoms with E-state index in [2.05, 4.69) is 42.2 Å². The number of carboxylic acid groups (broad SMARTS) is 1. The van der Waals surface area contributed by atoms with Crippen molar-refractivity contribution in [3.63, 3.8) is 0 Å². The molecule has 1 heterocycles. The van der Waals surface area contributed by atoms with Crippen LogP contribution in [0.2, 0.25) is 5.02 Å². The second-order valence-electron chi connectivity index (χ2n) is 14.4. The first-order valence-electron chi connectivity index (χ1n) is 17.1. The largest absolute Gasteiger partial charge is 0.506 e. The quantitative estimate of drug-likeness (QED) is 0.220. The molecule has 2 aromatic carbocycles. The van der Waals surface area contributed by atoms with Gasteiger partial charge in [0.05, 0.1) is 17.2 Å². The van der Waals surface area contributed by atoms with Crippen molar-refractivity contribution in [2.24, 2.45) is 17.3 Å². The summed E-state index contributed by atoms with van der Waals surface area (Å²) in [5.41, 5.74) is 2.12. The number of aliphatic carboxylic acids is 1. The van der Waals surface area contributed by atoms with Crippen molar-refractivity contribution >= 4 is 17.6 Å². The van der Waals surface area contributed by atoms with Crippen molar-refractivity contribution in [3.8, 4) is 11.5 Å². The van der Waals surface area contributed by atoms with Crippen LogP contribution in [0.25, 0.3) is 0 Å². The Hall–Kier alpha value is -2.28. The lowest BCUT2D eigenvalue weighted by atomic mass is 9.49. The Morgan fingerprint density at radius 3 is 2.57 bits per heavy atom. The van der Waals surface area contributed by atoms with E-state index >= 15 is 0 Å². The summed E-state index contributed by atoms with van der Waals surface area (Å²) >= 11 is 6.67. The van der Waals surface area contributed by atoms with E-state index in [0.29, 0.717) is 29.7 Å². The van der Waals surface area contributed by atoms with Gasteiger partial charge in [-0.25, -0.2) is 0 Å². The van der Waals surface area contributed by atoms with E-state index in [1.807, 2.05) is 0 Å². The van der Waals surface area contributed by atoms with Crippen LogP contribution < -0.4 is 4.74 Å². The van der Waals surface area contributed by atoms with Crippen LogP contribution in [-0.4, -0.2) is 58.0 Å². The molecule has 3 aliphatic carbocycles. The van der Waals surface area contributed by atoms with E-state index in [1.165, 1.54) is 62.9 Å². The van der Waals surface area contributed by atoms with Crippen LogP contribution >= 0.6 is 11.6 Å². The molecule has 0 unspecified atom stereocenters. The first kappa shape index (κ1) is 31.7. The summed E-state index contributed by atoms with van der Waals surface area (Å²) in [6.07, 6.45) is 11.9. The highest BCUT2D eigenvalue weighted by molar-refractivity contribution is 6.32. The number of carbonyl (C=O) groups is 1. The number of benzene rings is 2. The van der Waals surface area contributed by atoms with Crippen molar-refractivity contribution in [2.45, 2.75) is 108 Å². The number of carboxylic acids is 1. The maximum atomic E-state index is 12.1. The molecule has 0 radical (unpaired) electrons. The maximum absolute atomic E-state index is 12.1. The zero-order chi connectivity index (χ0) is 30.9. The smallest absolute Gasteiger partial charge is 0.303 e. The molecular weight excluding hydrogens is 574 g/mol. The average molecular weight is 624 g/mol. The van der Waals surface area contributed by atoms with Gasteiger partial charge in [0.15, 0.2) is 0 Å². The van der Waals surface area contributed by atoms with E-state index in [0.717, 1.165) is 50.0 Å². The molecule has 0 spiro atoms. The fourth-order valence-electron chi connectivity index (χ4n) is 9.68. The number of rotatable bonds is 11. The van der Waals surface area contributed by atoms with Gasteiger partial charge in [0, 0.05) is 11.8 Å². The van der Waals surface area contributed by atoms with Crippen LogP contribution in [0.4, 0.5) is 0 Å². The van der Waals surface area contributed by atoms with E-state index in [9.17, 15) is 20.1 Å². The van der Waals surface area contributed by atoms with Crippen LogP contribution in [-0.2, 0) is 11.2 Å². The lowest BCUT2D eigenvalue weighted by Crippen LogP contribution is -2.53. The maximum Gasteiger partial charge on any atom is 0.303 e. The SMILES string of the molecule is C[C@]12C[C@H](c3ccc(OCCCCCN4CCCCC4)cc3)[C@@H]3c4ccc(O)c(Cl)c4CC[C@H]3[C@@H]1CC[C@@]2(O)CCC(=O)O. The number of halogens is 1. The lowest BCUT2D eigenvalue weighted by molar-refractivity contribution is -0.143. The van der Waals surface area contributed by atoms with Gasteiger partial charge in [-0.2, -0.15) is 0 Å². The number of phenols is 1. The minimum absolute atomic E-state index is 0.0143. The summed E-state index contributed by atoms with van der Waals surface area (Å²) in [4.78, 5) is 14.1. The summed E-state index contributed by atoms with van der Waals surface area (Å²) in [6, 6.07) is 12.4. The number of nitrogens with zero attached hydrogens (tertiary/aromatic N) is 1. The Morgan fingerprint density at radius 1 is 1.05 bits per heavy atom. The Balaban J connectivity index is 1.19. The number of aromatic hydroxyl groups is 1. The van der Waals surface area contributed by atoms with Crippen LogP contribution in [0.1, 0.15) is 112 Å². The summed E-state index contributed by atoms with van der Waals surface area (Å²) in [5.74, 6) is 1.19. The minimum Gasteiger partial charge on any atom is -0.506 e. The van der Waals surface area contributed by atoms with Gasteiger partial charge in [-0.05, 0) is 149 Å². The highest BCUT2D eigenvalue weighted by Crippen LogP contribution is 2.68. The molecule has 6 rings (SSSR count). The number of likely N-dealkylation sites (tertiary alicyclic amines) is 1. The lowest BCUT2D eigenvalue weighted by Gasteiger charge is -2.56. The van der Waals surface area contributed by atoms with Gasteiger partial charge in [-0.3, -0.25) is 4.79 Å². The molecule has 4 aliphatic rings. The van der Waals surface area contributed by atoms with E-state index in [1.54, 1.807) is 6.07 Å². The van der Waals surface area contributed by atoms with Crippen LogP contribution in [0, 0.1) is 17.3 Å².